The van der Waals surface area contributed by atoms with Gasteiger partial charge < -0.3 is 4.42 Å². The van der Waals surface area contributed by atoms with Crippen LogP contribution in [0.4, 0.5) is 0 Å². The Bertz CT molecular complexity index is 1090. The fraction of sp³-hybridized carbons (Fsp3) is 0.190. The number of benzene rings is 2. The number of fused-ring (bicyclic) bond motifs is 4. The third kappa shape index (κ3) is 2.33. The van der Waals surface area contributed by atoms with Gasteiger partial charge in [-0.2, -0.15) is 0 Å². The van der Waals surface area contributed by atoms with Crippen molar-refractivity contribution >= 4 is 22.3 Å². The molecule has 4 heteroatoms. The first-order valence-corrected chi connectivity index (χ1v) is 8.40. The Kier molecular flexibility index (Phi) is 3.61. The Morgan fingerprint density at radius 3 is 2.28 bits per heavy atom. The molecule has 0 atom stereocenters. The monoisotopic (exact) mass is 332 g/mol. The summed E-state index contributed by atoms with van der Waals surface area (Å²) in [7, 11) is 0. The van der Waals surface area contributed by atoms with Gasteiger partial charge in [0, 0.05) is 34.1 Å². The van der Waals surface area contributed by atoms with Gasteiger partial charge in [0.15, 0.2) is 11.6 Å². The van der Waals surface area contributed by atoms with E-state index in [9.17, 15) is 14.4 Å². The molecule has 0 unspecified atom stereocenters. The van der Waals surface area contributed by atoms with Crippen LogP contribution in [-0.2, 0) is 6.42 Å². The van der Waals surface area contributed by atoms with Gasteiger partial charge >= 0.3 is 5.63 Å². The molecule has 0 fully saturated rings. The lowest BCUT2D eigenvalue weighted by Crippen LogP contribution is -2.22. The number of carbonyl (C=O) groups is 2. The molecule has 2 aromatic carbocycles. The van der Waals surface area contributed by atoms with E-state index in [2.05, 4.69) is 6.92 Å². The summed E-state index contributed by atoms with van der Waals surface area (Å²) < 4.78 is 5.36. The average Bonchev–Trinajstić information content (AvgIpc) is 2.63. The van der Waals surface area contributed by atoms with E-state index in [0.717, 1.165) is 12.8 Å². The van der Waals surface area contributed by atoms with Crippen molar-refractivity contribution < 1.29 is 14.0 Å². The second kappa shape index (κ2) is 5.81. The van der Waals surface area contributed by atoms with Gasteiger partial charge in [-0.3, -0.25) is 9.59 Å². The summed E-state index contributed by atoms with van der Waals surface area (Å²) in [5.74, 6) is 0.144. The van der Waals surface area contributed by atoms with Gasteiger partial charge in [0.25, 0.3) is 0 Å². The zero-order valence-electron chi connectivity index (χ0n) is 13.8. The lowest BCUT2D eigenvalue weighted by molar-refractivity contribution is 0.0980. The summed E-state index contributed by atoms with van der Waals surface area (Å²) in [4.78, 5) is 38.1. The Morgan fingerprint density at radius 1 is 0.840 bits per heavy atom. The summed E-state index contributed by atoms with van der Waals surface area (Å²) in [5.41, 5.74) is 0.991. The van der Waals surface area contributed by atoms with Crippen molar-refractivity contribution in [2.75, 3.05) is 0 Å². The summed E-state index contributed by atoms with van der Waals surface area (Å²) >= 11 is 0. The van der Waals surface area contributed by atoms with Gasteiger partial charge in [-0.15, -0.1) is 0 Å². The smallest absolute Gasteiger partial charge is 0.343 e. The van der Waals surface area contributed by atoms with Crippen LogP contribution in [0.3, 0.4) is 0 Å². The molecule has 124 valence electrons. The molecule has 0 bridgehead atoms. The van der Waals surface area contributed by atoms with Crippen LogP contribution in [-0.4, -0.2) is 11.6 Å². The summed E-state index contributed by atoms with van der Waals surface area (Å²) in [6.45, 7) is 2.06. The summed E-state index contributed by atoms with van der Waals surface area (Å²) in [6, 6.07) is 11.7. The number of hydrogen-bond donors (Lipinski definition) is 0. The first-order valence-electron chi connectivity index (χ1n) is 8.40. The number of ketones is 2. The van der Waals surface area contributed by atoms with E-state index in [-0.39, 0.29) is 11.6 Å². The Hall–Kier alpha value is -3.01. The van der Waals surface area contributed by atoms with E-state index >= 15 is 0 Å². The molecule has 0 saturated heterocycles. The molecule has 1 aliphatic rings. The SMILES string of the molecule is CCCCc1cc2c3c(ccc2c(=O)o1)C(=O)c1ccccc1C3=O. The van der Waals surface area contributed by atoms with Gasteiger partial charge in [0.05, 0.1) is 5.39 Å². The molecule has 4 nitrogen and oxygen atoms in total. The summed E-state index contributed by atoms with van der Waals surface area (Å²) in [5, 5.41) is 0.840. The number of rotatable bonds is 3. The van der Waals surface area contributed by atoms with Crippen molar-refractivity contribution in [3.8, 4) is 0 Å². The van der Waals surface area contributed by atoms with Crippen LogP contribution in [0, 0.1) is 0 Å². The zero-order chi connectivity index (χ0) is 17.6. The minimum absolute atomic E-state index is 0.185. The van der Waals surface area contributed by atoms with Crippen molar-refractivity contribution in [1.29, 1.82) is 0 Å². The molecule has 0 radical (unpaired) electrons. The first kappa shape index (κ1) is 15.5. The van der Waals surface area contributed by atoms with Crippen molar-refractivity contribution in [2.45, 2.75) is 26.2 Å². The van der Waals surface area contributed by atoms with E-state index in [1.165, 1.54) is 0 Å². The third-order valence-electron chi connectivity index (χ3n) is 4.66. The molecule has 1 heterocycles. The highest BCUT2D eigenvalue weighted by Crippen LogP contribution is 2.32. The van der Waals surface area contributed by atoms with Gasteiger partial charge in [-0.1, -0.05) is 37.6 Å². The lowest BCUT2D eigenvalue weighted by atomic mass is 9.82. The van der Waals surface area contributed by atoms with Crippen LogP contribution < -0.4 is 5.63 Å². The number of unbranched alkanes of at least 4 members (excludes halogenated alkanes) is 1. The minimum atomic E-state index is -0.467. The molecule has 0 aliphatic heterocycles. The Balaban J connectivity index is 2.02. The second-order valence-electron chi connectivity index (χ2n) is 6.26. The van der Waals surface area contributed by atoms with Crippen molar-refractivity contribution in [3.63, 3.8) is 0 Å². The molecule has 0 amide bonds. The maximum Gasteiger partial charge on any atom is 0.343 e. The van der Waals surface area contributed by atoms with Crippen LogP contribution in [0.2, 0.25) is 0 Å². The van der Waals surface area contributed by atoms with E-state index < -0.39 is 5.63 Å². The quantitative estimate of drug-likeness (QED) is 0.570. The van der Waals surface area contributed by atoms with Gasteiger partial charge in [-0.25, -0.2) is 4.79 Å². The largest absolute Gasteiger partial charge is 0.427 e. The zero-order valence-corrected chi connectivity index (χ0v) is 13.8. The molecule has 1 aromatic heterocycles. The molecule has 1 aliphatic carbocycles. The number of carbonyl (C=O) groups excluding carboxylic acids is 2. The van der Waals surface area contributed by atoms with Crippen molar-refractivity contribution in [2.24, 2.45) is 0 Å². The highest BCUT2D eigenvalue weighted by atomic mass is 16.4. The molecule has 25 heavy (non-hydrogen) atoms. The predicted octanol–water partition coefficient (Wildman–Crippen LogP) is 3.91. The molecule has 0 saturated carbocycles. The first-order chi connectivity index (χ1) is 12.1. The van der Waals surface area contributed by atoms with Crippen LogP contribution in [0.5, 0.6) is 0 Å². The van der Waals surface area contributed by atoms with E-state index in [1.807, 2.05) is 0 Å². The minimum Gasteiger partial charge on any atom is -0.427 e. The fourth-order valence-corrected chi connectivity index (χ4v) is 3.38. The Labute approximate surface area is 144 Å². The van der Waals surface area contributed by atoms with Crippen LogP contribution in [0.1, 0.15) is 57.4 Å². The molecule has 3 aromatic rings. The van der Waals surface area contributed by atoms with Gasteiger partial charge in [0.2, 0.25) is 0 Å². The topological polar surface area (TPSA) is 64.3 Å². The second-order valence-corrected chi connectivity index (χ2v) is 6.26. The van der Waals surface area contributed by atoms with Crippen molar-refractivity contribution in [3.05, 3.63) is 80.9 Å². The third-order valence-corrected chi connectivity index (χ3v) is 4.66. The van der Waals surface area contributed by atoms with E-state index in [0.29, 0.717) is 45.2 Å². The number of aryl methyl sites for hydroxylation is 1. The lowest BCUT2D eigenvalue weighted by Gasteiger charge is -2.18. The molecular weight excluding hydrogens is 316 g/mol. The predicted molar refractivity (Wildman–Crippen MR) is 94.4 cm³/mol. The molecular formula is C21H16O4. The standard InChI is InChI=1S/C21H16O4/c1-2-3-6-12-11-17-15(21(24)25-12)9-10-16-18(17)20(23)14-8-5-4-7-13(14)19(16)22/h4-5,7-11H,2-3,6H2,1H3. The molecule has 4 rings (SSSR count). The van der Waals surface area contributed by atoms with E-state index in [4.69, 9.17) is 4.42 Å². The molecule has 0 spiro atoms. The van der Waals surface area contributed by atoms with Crippen LogP contribution >= 0.6 is 0 Å². The van der Waals surface area contributed by atoms with Crippen LogP contribution in [0.25, 0.3) is 10.8 Å². The van der Waals surface area contributed by atoms with E-state index in [1.54, 1.807) is 42.5 Å². The maximum absolute atomic E-state index is 13.0. The fourth-order valence-electron chi connectivity index (χ4n) is 3.38. The number of hydrogen-bond acceptors (Lipinski definition) is 4. The highest BCUT2D eigenvalue weighted by molar-refractivity contribution is 6.32. The van der Waals surface area contributed by atoms with Crippen molar-refractivity contribution in [1.82, 2.24) is 0 Å². The normalized spacial score (nSPS) is 13.0. The Morgan fingerprint density at radius 2 is 1.56 bits per heavy atom. The molecule has 0 N–H and O–H groups in total. The summed E-state index contributed by atoms with van der Waals surface area (Å²) in [6.07, 6.45) is 2.49. The van der Waals surface area contributed by atoms with Gasteiger partial charge in [0.1, 0.15) is 5.76 Å². The van der Waals surface area contributed by atoms with Gasteiger partial charge in [-0.05, 0) is 24.6 Å². The van der Waals surface area contributed by atoms with Crippen LogP contribution in [0.15, 0.2) is 51.7 Å². The maximum atomic E-state index is 13.0. The highest BCUT2D eigenvalue weighted by Gasteiger charge is 2.31. The average molecular weight is 332 g/mol.